The van der Waals surface area contributed by atoms with Gasteiger partial charge in [-0.3, -0.25) is 14.5 Å². The zero-order chi connectivity index (χ0) is 18.5. The van der Waals surface area contributed by atoms with E-state index >= 15 is 0 Å². The molecule has 1 atom stereocenters. The molecule has 0 aromatic heterocycles. The third-order valence-corrected chi connectivity index (χ3v) is 5.12. The zero-order valence-corrected chi connectivity index (χ0v) is 17.8. The number of nitrogens with zero attached hydrogens (tertiary/aromatic N) is 3. The van der Waals surface area contributed by atoms with E-state index in [1.165, 1.54) is 12.7 Å². The Morgan fingerprint density at radius 2 is 1.79 bits per heavy atom. The van der Waals surface area contributed by atoms with Crippen molar-refractivity contribution in [3.05, 3.63) is 29.8 Å². The van der Waals surface area contributed by atoms with Crippen LogP contribution < -0.4 is 10.6 Å². The van der Waals surface area contributed by atoms with E-state index in [2.05, 4.69) is 11.0 Å². The number of amides is 2. The van der Waals surface area contributed by atoms with Crippen LogP contribution in [0.25, 0.3) is 0 Å². The van der Waals surface area contributed by atoms with Crippen molar-refractivity contribution in [3.63, 3.8) is 0 Å². The fraction of sp³-hybridized carbons (Fsp3) is 0.579. The average molecular weight is 433 g/mol. The monoisotopic (exact) mass is 432 g/mol. The second-order valence-corrected chi connectivity index (χ2v) is 6.94. The van der Waals surface area contributed by atoms with E-state index in [0.717, 1.165) is 25.1 Å². The van der Waals surface area contributed by atoms with Crippen LogP contribution in [-0.4, -0.2) is 80.6 Å². The molecule has 1 unspecified atom stereocenters. The Morgan fingerprint density at radius 3 is 2.46 bits per heavy atom. The number of benzene rings is 1. The molecule has 0 bridgehead atoms. The summed E-state index contributed by atoms with van der Waals surface area (Å²) in [7, 11) is 1.54. The predicted octanol–water partition coefficient (Wildman–Crippen LogP) is 0.927. The lowest BCUT2D eigenvalue weighted by atomic mass is 10.0. The predicted molar refractivity (Wildman–Crippen MR) is 114 cm³/mol. The summed E-state index contributed by atoms with van der Waals surface area (Å²) in [4.78, 5) is 30.8. The van der Waals surface area contributed by atoms with Gasteiger partial charge in [0.15, 0.2) is 0 Å². The van der Waals surface area contributed by atoms with Crippen molar-refractivity contribution in [1.29, 1.82) is 0 Å². The van der Waals surface area contributed by atoms with Crippen molar-refractivity contribution in [2.24, 2.45) is 5.73 Å². The zero-order valence-electron chi connectivity index (χ0n) is 16.2. The molecule has 1 fully saturated rings. The smallest absolute Gasteiger partial charge is 0.241 e. The maximum absolute atomic E-state index is 12.8. The maximum Gasteiger partial charge on any atom is 0.241 e. The summed E-state index contributed by atoms with van der Waals surface area (Å²) in [6.07, 6.45) is 2.03. The number of rotatable bonds is 5. The number of piperazine rings is 1. The Morgan fingerprint density at radius 1 is 1.11 bits per heavy atom. The standard InChI is InChI=1S/C19H28N4O3.2ClH/c1-26-14-16(20)19(25)22-11-9-21(10-12-22)13-18(24)23-8-4-6-15-5-2-3-7-17(15)23;;/h2-3,5,7,16H,4,6,8-14,20H2,1H3;2*1H. The number of aryl methyl sites for hydroxylation is 1. The lowest BCUT2D eigenvalue weighted by Gasteiger charge is -2.37. The van der Waals surface area contributed by atoms with Gasteiger partial charge in [-0.15, -0.1) is 24.8 Å². The molecule has 1 aromatic carbocycles. The van der Waals surface area contributed by atoms with Crippen LogP contribution >= 0.6 is 24.8 Å². The van der Waals surface area contributed by atoms with Gasteiger partial charge in [0, 0.05) is 45.5 Å². The van der Waals surface area contributed by atoms with Gasteiger partial charge in [-0.05, 0) is 24.5 Å². The summed E-state index contributed by atoms with van der Waals surface area (Å²) in [5, 5.41) is 0. The summed E-state index contributed by atoms with van der Waals surface area (Å²) in [6.45, 7) is 3.96. The van der Waals surface area contributed by atoms with Gasteiger partial charge in [-0.1, -0.05) is 18.2 Å². The van der Waals surface area contributed by atoms with Gasteiger partial charge in [-0.25, -0.2) is 0 Å². The number of ether oxygens (including phenoxy) is 1. The molecule has 28 heavy (non-hydrogen) atoms. The molecule has 158 valence electrons. The van der Waals surface area contributed by atoms with Crippen LogP contribution in [-0.2, 0) is 20.7 Å². The van der Waals surface area contributed by atoms with Crippen LogP contribution in [0.15, 0.2) is 24.3 Å². The average Bonchev–Trinajstić information content (AvgIpc) is 2.67. The first-order valence-electron chi connectivity index (χ1n) is 9.24. The molecule has 2 heterocycles. The normalized spacial score (nSPS) is 17.8. The third kappa shape index (κ3) is 5.81. The number of carbonyl (C=O) groups is 2. The molecular formula is C19H30Cl2N4O3. The molecule has 0 radical (unpaired) electrons. The van der Waals surface area contributed by atoms with Crippen molar-refractivity contribution in [2.75, 3.05) is 57.9 Å². The van der Waals surface area contributed by atoms with Crippen LogP contribution in [0.3, 0.4) is 0 Å². The van der Waals surface area contributed by atoms with Crippen LogP contribution in [0.5, 0.6) is 0 Å². The summed E-state index contributed by atoms with van der Waals surface area (Å²) in [5.74, 6) is 0.0517. The molecule has 2 amide bonds. The fourth-order valence-corrected chi connectivity index (χ4v) is 3.68. The number of halogens is 2. The van der Waals surface area contributed by atoms with Crippen molar-refractivity contribution in [3.8, 4) is 0 Å². The molecular weight excluding hydrogens is 403 g/mol. The minimum absolute atomic E-state index is 0. The molecule has 2 aliphatic rings. The molecule has 1 saturated heterocycles. The first-order valence-corrected chi connectivity index (χ1v) is 9.24. The highest BCUT2D eigenvalue weighted by Gasteiger charge is 2.28. The van der Waals surface area contributed by atoms with Gasteiger partial charge in [-0.2, -0.15) is 0 Å². The first kappa shape index (κ1) is 24.7. The van der Waals surface area contributed by atoms with E-state index in [-0.39, 0.29) is 43.2 Å². The van der Waals surface area contributed by atoms with Crippen LogP contribution in [0.4, 0.5) is 5.69 Å². The lowest BCUT2D eigenvalue weighted by Crippen LogP contribution is -2.55. The largest absolute Gasteiger partial charge is 0.383 e. The SMILES string of the molecule is COCC(N)C(=O)N1CCN(CC(=O)N2CCCc3ccccc32)CC1.Cl.Cl. The summed E-state index contributed by atoms with van der Waals surface area (Å²) in [5.41, 5.74) is 8.12. The van der Waals surface area contributed by atoms with Crippen LogP contribution in [0, 0.1) is 0 Å². The van der Waals surface area contributed by atoms with E-state index in [9.17, 15) is 9.59 Å². The van der Waals surface area contributed by atoms with E-state index < -0.39 is 6.04 Å². The van der Waals surface area contributed by atoms with Gasteiger partial charge >= 0.3 is 0 Å². The summed E-state index contributed by atoms with van der Waals surface area (Å²) < 4.78 is 4.95. The number of hydrogen-bond acceptors (Lipinski definition) is 5. The first-order chi connectivity index (χ1) is 12.6. The van der Waals surface area contributed by atoms with Crippen molar-refractivity contribution < 1.29 is 14.3 Å². The number of hydrogen-bond donors (Lipinski definition) is 1. The van der Waals surface area contributed by atoms with Crippen LogP contribution in [0.2, 0.25) is 0 Å². The number of carbonyl (C=O) groups excluding carboxylic acids is 2. The van der Waals surface area contributed by atoms with Crippen molar-refractivity contribution in [1.82, 2.24) is 9.80 Å². The Labute approximate surface area is 179 Å². The van der Waals surface area contributed by atoms with E-state index in [1.807, 2.05) is 23.1 Å². The molecule has 9 heteroatoms. The van der Waals surface area contributed by atoms with Crippen molar-refractivity contribution >= 4 is 42.3 Å². The molecule has 0 aliphatic carbocycles. The minimum atomic E-state index is -0.613. The van der Waals surface area contributed by atoms with E-state index in [4.69, 9.17) is 10.5 Å². The number of fused-ring (bicyclic) bond motifs is 1. The topological polar surface area (TPSA) is 79.1 Å². The summed E-state index contributed by atoms with van der Waals surface area (Å²) >= 11 is 0. The minimum Gasteiger partial charge on any atom is -0.383 e. The van der Waals surface area contributed by atoms with Gasteiger partial charge in [0.2, 0.25) is 11.8 Å². The van der Waals surface area contributed by atoms with Gasteiger partial charge in [0.25, 0.3) is 0 Å². The van der Waals surface area contributed by atoms with Crippen LogP contribution in [0.1, 0.15) is 12.0 Å². The lowest BCUT2D eigenvalue weighted by molar-refractivity contribution is -0.135. The van der Waals surface area contributed by atoms with E-state index in [0.29, 0.717) is 32.7 Å². The van der Waals surface area contributed by atoms with Gasteiger partial charge in [0.05, 0.1) is 13.2 Å². The number of methoxy groups -OCH3 is 1. The highest BCUT2D eigenvalue weighted by Crippen LogP contribution is 2.26. The van der Waals surface area contributed by atoms with Gasteiger partial charge in [0.1, 0.15) is 6.04 Å². The Hall–Kier alpha value is -1.38. The molecule has 0 spiro atoms. The second-order valence-electron chi connectivity index (χ2n) is 6.94. The Bertz CT molecular complexity index is 654. The highest BCUT2D eigenvalue weighted by molar-refractivity contribution is 5.96. The number of anilines is 1. The molecule has 7 nitrogen and oxygen atoms in total. The summed E-state index contributed by atoms with van der Waals surface area (Å²) in [6, 6.07) is 7.52. The second kappa shape index (κ2) is 11.6. The Kier molecular flexibility index (Phi) is 10.2. The van der Waals surface area contributed by atoms with Gasteiger partial charge < -0.3 is 20.3 Å². The molecule has 2 aliphatic heterocycles. The number of para-hydroxylation sites is 1. The molecule has 1 aromatic rings. The maximum atomic E-state index is 12.8. The van der Waals surface area contributed by atoms with E-state index in [1.54, 1.807) is 4.90 Å². The Balaban J connectivity index is 0.00000196. The molecule has 3 rings (SSSR count). The highest BCUT2D eigenvalue weighted by atomic mass is 35.5. The third-order valence-electron chi connectivity index (χ3n) is 5.12. The fourth-order valence-electron chi connectivity index (χ4n) is 3.68. The molecule has 0 saturated carbocycles. The molecule has 2 N–H and O–H groups in total. The van der Waals surface area contributed by atoms with Crippen molar-refractivity contribution in [2.45, 2.75) is 18.9 Å². The number of nitrogens with two attached hydrogens (primary N) is 1. The quantitative estimate of drug-likeness (QED) is 0.748.